The second-order valence-electron chi connectivity index (χ2n) is 8.68. The van der Waals surface area contributed by atoms with Crippen molar-refractivity contribution in [2.45, 2.75) is 50.2 Å². The monoisotopic (exact) mass is 581 g/mol. The number of hydrogen-bond acceptors (Lipinski definition) is 6. The van der Waals surface area contributed by atoms with Gasteiger partial charge in [0.25, 0.3) is 5.91 Å². The highest BCUT2D eigenvalue weighted by atomic mass is 35.5. The summed E-state index contributed by atoms with van der Waals surface area (Å²) in [4.78, 5) is 14.9. The predicted octanol–water partition coefficient (Wildman–Crippen LogP) is 4.80. The molecule has 204 valence electrons. The minimum Gasteiger partial charge on any atom is -0.405 e. The third kappa shape index (κ3) is 7.97. The highest BCUT2D eigenvalue weighted by Crippen LogP contribution is 2.34. The minimum absolute atomic E-state index is 0.00980. The predicted molar refractivity (Wildman–Crippen MR) is 136 cm³/mol. The number of halogens is 5. The Morgan fingerprint density at radius 2 is 1.95 bits per heavy atom. The summed E-state index contributed by atoms with van der Waals surface area (Å²) in [6.07, 6.45) is -3.16. The lowest BCUT2D eigenvalue weighted by atomic mass is 10.0. The molecule has 0 bridgehead atoms. The van der Waals surface area contributed by atoms with Gasteiger partial charge in [0.2, 0.25) is 0 Å². The van der Waals surface area contributed by atoms with Crippen molar-refractivity contribution >= 4 is 38.9 Å². The van der Waals surface area contributed by atoms with Crippen LogP contribution in [0.1, 0.15) is 41.3 Å². The maximum atomic E-state index is 13.2. The fourth-order valence-corrected chi connectivity index (χ4v) is 5.77. The molecule has 0 radical (unpaired) electrons. The molecule has 1 heterocycles. The van der Waals surface area contributed by atoms with E-state index < -0.39 is 27.9 Å². The Bertz CT molecular complexity index is 1240. The van der Waals surface area contributed by atoms with E-state index in [1.807, 2.05) is 11.9 Å². The zero-order valence-electron chi connectivity index (χ0n) is 20.3. The zero-order valence-corrected chi connectivity index (χ0v) is 22.6. The first-order valence-corrected chi connectivity index (χ1v) is 14.0. The van der Waals surface area contributed by atoms with Gasteiger partial charge in [-0.05, 0) is 62.3 Å². The molecular weight excluding hydrogens is 554 g/mol. The number of alkyl halides is 3. The lowest BCUT2D eigenvalue weighted by Gasteiger charge is -2.33. The van der Waals surface area contributed by atoms with Crippen LogP contribution in [0.3, 0.4) is 0 Å². The summed E-state index contributed by atoms with van der Waals surface area (Å²) in [6.45, 7) is 2.70. The standard InChI is InChI=1S/C24H28Cl2F3N3O4S/c1-3-37(34,35)22-7-6-17(25)9-16(22)12-31-23(33)15-10-20(26)19(21(11-15)36-24(27,28)29)14-32-8-4-5-18(13-32)30-2/h6-7,9-11,18,30H,3-5,8,12-14H2,1-2H3,(H,31,33)/t18-/m0/s1. The summed E-state index contributed by atoms with van der Waals surface area (Å²) < 4.78 is 68.7. The Balaban J connectivity index is 1.87. The smallest absolute Gasteiger partial charge is 0.405 e. The number of rotatable bonds is 9. The fourth-order valence-electron chi connectivity index (χ4n) is 4.19. The second kappa shape index (κ2) is 12.2. The zero-order chi connectivity index (χ0) is 27.4. The first-order valence-electron chi connectivity index (χ1n) is 11.6. The van der Waals surface area contributed by atoms with Gasteiger partial charge < -0.3 is 15.4 Å². The molecule has 1 amide bonds. The number of likely N-dealkylation sites (N-methyl/N-ethyl adjacent to an activating group) is 1. The van der Waals surface area contributed by atoms with Gasteiger partial charge in [-0.3, -0.25) is 9.69 Å². The Labute approximate surface area is 224 Å². The van der Waals surface area contributed by atoms with Gasteiger partial charge in [-0.15, -0.1) is 13.2 Å². The number of benzene rings is 2. The number of likely N-dealkylation sites (tertiary alicyclic amines) is 1. The molecule has 1 atom stereocenters. The van der Waals surface area contributed by atoms with Gasteiger partial charge in [-0.25, -0.2) is 8.42 Å². The molecule has 0 saturated carbocycles. The van der Waals surface area contributed by atoms with E-state index in [1.54, 1.807) is 0 Å². The van der Waals surface area contributed by atoms with Crippen molar-refractivity contribution in [3.63, 3.8) is 0 Å². The first kappa shape index (κ1) is 29.5. The van der Waals surface area contributed by atoms with Crippen LogP contribution in [0.4, 0.5) is 13.2 Å². The molecule has 0 spiro atoms. The van der Waals surface area contributed by atoms with Crippen molar-refractivity contribution < 1.29 is 31.1 Å². The number of nitrogens with zero attached hydrogens (tertiary/aromatic N) is 1. The fraction of sp³-hybridized carbons (Fsp3) is 0.458. The average Bonchev–Trinajstić information content (AvgIpc) is 2.83. The molecule has 37 heavy (non-hydrogen) atoms. The van der Waals surface area contributed by atoms with E-state index >= 15 is 0 Å². The quantitative estimate of drug-likeness (QED) is 0.442. The summed E-state index contributed by atoms with van der Waals surface area (Å²) in [6, 6.07) is 6.66. The molecule has 1 aliphatic rings. The van der Waals surface area contributed by atoms with Crippen LogP contribution in [-0.2, 0) is 22.9 Å². The van der Waals surface area contributed by atoms with Crippen molar-refractivity contribution in [3.05, 3.63) is 57.1 Å². The minimum atomic E-state index is -4.99. The van der Waals surface area contributed by atoms with Crippen LogP contribution >= 0.6 is 23.2 Å². The highest BCUT2D eigenvalue weighted by molar-refractivity contribution is 7.91. The molecule has 13 heteroatoms. The number of hydrogen-bond donors (Lipinski definition) is 2. The molecule has 0 aromatic heterocycles. The van der Waals surface area contributed by atoms with E-state index in [2.05, 4.69) is 15.4 Å². The number of carbonyl (C=O) groups excluding carboxylic acids is 1. The van der Waals surface area contributed by atoms with Crippen molar-refractivity contribution in [2.24, 2.45) is 0 Å². The molecule has 2 aromatic rings. The molecule has 1 fully saturated rings. The van der Waals surface area contributed by atoms with Crippen LogP contribution in [0.5, 0.6) is 5.75 Å². The molecule has 1 saturated heterocycles. The highest BCUT2D eigenvalue weighted by Gasteiger charge is 2.34. The van der Waals surface area contributed by atoms with Gasteiger partial charge >= 0.3 is 6.36 Å². The van der Waals surface area contributed by atoms with E-state index in [0.717, 1.165) is 18.9 Å². The number of ether oxygens (including phenoxy) is 1. The Hall–Kier alpha value is -2.05. The molecule has 7 nitrogen and oxygen atoms in total. The molecule has 0 unspecified atom stereocenters. The molecular formula is C24H28Cl2F3N3O4S. The van der Waals surface area contributed by atoms with Crippen LogP contribution in [0.15, 0.2) is 35.2 Å². The van der Waals surface area contributed by atoms with E-state index in [1.165, 1.54) is 31.2 Å². The molecule has 2 aromatic carbocycles. The first-order chi connectivity index (χ1) is 17.3. The number of nitrogens with one attached hydrogen (secondary N) is 2. The third-order valence-corrected chi connectivity index (χ3v) is 8.52. The summed E-state index contributed by atoms with van der Waals surface area (Å²) in [5.74, 6) is -1.47. The van der Waals surface area contributed by atoms with Crippen molar-refractivity contribution in [1.29, 1.82) is 0 Å². The lowest BCUT2D eigenvalue weighted by molar-refractivity contribution is -0.275. The average molecular weight is 582 g/mol. The van der Waals surface area contributed by atoms with Gasteiger partial charge in [-0.2, -0.15) is 0 Å². The Kier molecular flexibility index (Phi) is 9.73. The number of amides is 1. The molecule has 0 aliphatic carbocycles. The van der Waals surface area contributed by atoms with E-state index in [0.29, 0.717) is 13.1 Å². The SMILES string of the molecule is CCS(=O)(=O)c1ccc(Cl)cc1CNC(=O)c1cc(Cl)c(CN2CCC[C@H](NC)C2)c(OC(F)(F)F)c1. The topological polar surface area (TPSA) is 87.7 Å². The third-order valence-electron chi connectivity index (χ3n) is 6.11. The summed E-state index contributed by atoms with van der Waals surface area (Å²) >= 11 is 12.4. The van der Waals surface area contributed by atoms with Crippen molar-refractivity contribution in [3.8, 4) is 5.75 Å². The summed E-state index contributed by atoms with van der Waals surface area (Å²) in [5.41, 5.74) is 0.210. The van der Waals surface area contributed by atoms with Gasteiger partial charge in [-0.1, -0.05) is 30.1 Å². The van der Waals surface area contributed by atoms with E-state index in [4.69, 9.17) is 23.2 Å². The van der Waals surface area contributed by atoms with Crippen LogP contribution in [0.2, 0.25) is 10.0 Å². The maximum absolute atomic E-state index is 13.2. The van der Waals surface area contributed by atoms with Crippen LogP contribution in [-0.4, -0.2) is 57.5 Å². The van der Waals surface area contributed by atoms with E-state index in [9.17, 15) is 26.4 Å². The molecule has 2 N–H and O–H groups in total. The number of sulfone groups is 1. The second-order valence-corrected chi connectivity index (χ2v) is 11.8. The Morgan fingerprint density at radius 3 is 2.59 bits per heavy atom. The maximum Gasteiger partial charge on any atom is 0.573 e. The van der Waals surface area contributed by atoms with Crippen molar-refractivity contribution in [1.82, 2.24) is 15.5 Å². The van der Waals surface area contributed by atoms with E-state index in [-0.39, 0.29) is 56.5 Å². The normalized spacial score (nSPS) is 17.0. The van der Waals surface area contributed by atoms with Crippen LogP contribution in [0.25, 0.3) is 0 Å². The van der Waals surface area contributed by atoms with Crippen LogP contribution in [0, 0.1) is 0 Å². The largest absolute Gasteiger partial charge is 0.573 e. The van der Waals surface area contributed by atoms with Gasteiger partial charge in [0.15, 0.2) is 9.84 Å². The number of carbonyl (C=O) groups is 1. The van der Waals surface area contributed by atoms with Gasteiger partial charge in [0.1, 0.15) is 5.75 Å². The Morgan fingerprint density at radius 1 is 1.22 bits per heavy atom. The summed E-state index contributed by atoms with van der Waals surface area (Å²) in [5, 5.41) is 5.93. The number of piperidine rings is 1. The van der Waals surface area contributed by atoms with Gasteiger partial charge in [0.05, 0.1) is 10.6 Å². The van der Waals surface area contributed by atoms with Gasteiger partial charge in [0, 0.05) is 46.8 Å². The van der Waals surface area contributed by atoms with Crippen molar-refractivity contribution in [2.75, 3.05) is 25.9 Å². The lowest BCUT2D eigenvalue weighted by Crippen LogP contribution is -2.44. The van der Waals surface area contributed by atoms with Crippen LogP contribution < -0.4 is 15.4 Å². The summed E-state index contributed by atoms with van der Waals surface area (Å²) in [7, 11) is -1.77. The molecule has 3 rings (SSSR count). The molecule has 1 aliphatic heterocycles.